The van der Waals surface area contributed by atoms with E-state index in [9.17, 15) is 4.79 Å². The summed E-state index contributed by atoms with van der Waals surface area (Å²) in [7, 11) is 0. The highest BCUT2D eigenvalue weighted by atomic mass is 32.1. The summed E-state index contributed by atoms with van der Waals surface area (Å²) < 4.78 is 0. The molecule has 1 aromatic rings. The molecule has 0 spiro atoms. The highest BCUT2D eigenvalue weighted by Gasteiger charge is 2.31. The minimum Gasteiger partial charge on any atom is -0.350 e. The lowest BCUT2D eigenvalue weighted by atomic mass is 9.72. The summed E-state index contributed by atoms with van der Waals surface area (Å²) in [6.07, 6.45) is 3.40. The fourth-order valence-corrected chi connectivity index (χ4v) is 3.94. The van der Waals surface area contributed by atoms with Crippen molar-refractivity contribution in [3.05, 3.63) is 21.4 Å². The number of nitrogens with one attached hydrogen (secondary N) is 1. The van der Waals surface area contributed by atoms with Crippen molar-refractivity contribution in [2.24, 2.45) is 11.3 Å². The lowest BCUT2D eigenvalue weighted by Crippen LogP contribution is -2.31. The summed E-state index contributed by atoms with van der Waals surface area (Å²) in [5, 5.41) is 5.05. The first-order valence-electron chi connectivity index (χ1n) is 7.19. The molecule has 3 heteroatoms. The summed E-state index contributed by atoms with van der Waals surface area (Å²) in [6.45, 7) is 11.0. The average molecular weight is 279 g/mol. The molecule has 2 rings (SSSR count). The zero-order chi connectivity index (χ0) is 14.2. The van der Waals surface area contributed by atoms with E-state index in [-0.39, 0.29) is 11.9 Å². The zero-order valence-electron chi connectivity index (χ0n) is 12.7. The van der Waals surface area contributed by atoms with Gasteiger partial charge in [0.25, 0.3) is 5.91 Å². The third-order valence-electron chi connectivity index (χ3n) is 4.04. The standard InChI is InChI=1S/C16H25NOS/c1-10(2)17-15(18)13-9-19-14-8-11(16(3,4)5)6-7-12(13)14/h9-11H,6-8H2,1-5H3,(H,17,18). The molecule has 0 bridgehead atoms. The molecule has 1 unspecified atom stereocenters. The number of amides is 1. The van der Waals surface area contributed by atoms with E-state index < -0.39 is 0 Å². The molecule has 1 atom stereocenters. The fourth-order valence-electron chi connectivity index (χ4n) is 2.78. The van der Waals surface area contributed by atoms with E-state index in [4.69, 9.17) is 0 Å². The topological polar surface area (TPSA) is 29.1 Å². The summed E-state index contributed by atoms with van der Waals surface area (Å²) in [4.78, 5) is 13.6. The minimum atomic E-state index is 0.0988. The van der Waals surface area contributed by atoms with Gasteiger partial charge in [-0.1, -0.05) is 20.8 Å². The Bertz CT molecular complexity index is 468. The van der Waals surface area contributed by atoms with Gasteiger partial charge in [0.1, 0.15) is 0 Å². The van der Waals surface area contributed by atoms with Crippen LogP contribution in [0.1, 0.15) is 61.8 Å². The van der Waals surface area contributed by atoms with Gasteiger partial charge >= 0.3 is 0 Å². The van der Waals surface area contributed by atoms with Gasteiger partial charge in [-0.2, -0.15) is 0 Å². The Morgan fingerprint density at radius 2 is 2.11 bits per heavy atom. The molecule has 106 valence electrons. The van der Waals surface area contributed by atoms with Crippen LogP contribution in [-0.4, -0.2) is 11.9 Å². The molecule has 0 fully saturated rings. The van der Waals surface area contributed by atoms with Crippen molar-refractivity contribution in [2.75, 3.05) is 0 Å². The first-order chi connectivity index (χ1) is 8.79. The van der Waals surface area contributed by atoms with Crippen molar-refractivity contribution in [1.82, 2.24) is 5.32 Å². The molecule has 1 N–H and O–H groups in total. The Labute approximate surface area is 120 Å². The minimum absolute atomic E-state index is 0.0988. The zero-order valence-corrected chi connectivity index (χ0v) is 13.5. The Kier molecular flexibility index (Phi) is 4.05. The molecule has 0 aliphatic heterocycles. The molecular formula is C16H25NOS. The number of hydrogen-bond acceptors (Lipinski definition) is 2. The van der Waals surface area contributed by atoms with Crippen LogP contribution >= 0.6 is 11.3 Å². The Balaban J connectivity index is 2.18. The predicted molar refractivity (Wildman–Crippen MR) is 81.9 cm³/mol. The van der Waals surface area contributed by atoms with E-state index in [0.29, 0.717) is 5.41 Å². The third-order valence-corrected chi connectivity index (χ3v) is 5.10. The van der Waals surface area contributed by atoms with E-state index in [1.165, 1.54) is 16.9 Å². The molecule has 2 nitrogen and oxygen atoms in total. The number of thiophene rings is 1. The largest absolute Gasteiger partial charge is 0.350 e. The van der Waals surface area contributed by atoms with Crippen LogP contribution in [0.5, 0.6) is 0 Å². The average Bonchev–Trinajstić information content (AvgIpc) is 2.69. The van der Waals surface area contributed by atoms with E-state index in [0.717, 1.165) is 24.3 Å². The highest BCUT2D eigenvalue weighted by molar-refractivity contribution is 7.10. The van der Waals surface area contributed by atoms with Gasteiger partial charge in [-0.05, 0) is 50.0 Å². The Hall–Kier alpha value is -0.830. The number of fused-ring (bicyclic) bond motifs is 1. The van der Waals surface area contributed by atoms with Gasteiger partial charge < -0.3 is 5.32 Å². The van der Waals surface area contributed by atoms with Crippen molar-refractivity contribution < 1.29 is 4.79 Å². The second kappa shape index (κ2) is 5.28. The molecule has 0 radical (unpaired) electrons. The van der Waals surface area contributed by atoms with Gasteiger partial charge in [0.15, 0.2) is 0 Å². The highest BCUT2D eigenvalue weighted by Crippen LogP contribution is 2.40. The normalized spacial score (nSPS) is 19.4. The molecule has 0 saturated carbocycles. The van der Waals surface area contributed by atoms with Crippen molar-refractivity contribution >= 4 is 17.2 Å². The molecule has 19 heavy (non-hydrogen) atoms. The Morgan fingerprint density at radius 3 is 2.68 bits per heavy atom. The van der Waals surface area contributed by atoms with Gasteiger partial charge in [-0.25, -0.2) is 0 Å². The first kappa shape index (κ1) is 14.6. The number of hydrogen-bond donors (Lipinski definition) is 1. The molecule has 1 amide bonds. The van der Waals surface area contributed by atoms with E-state index in [1.54, 1.807) is 11.3 Å². The van der Waals surface area contributed by atoms with E-state index >= 15 is 0 Å². The van der Waals surface area contributed by atoms with Crippen LogP contribution in [-0.2, 0) is 12.8 Å². The summed E-state index contributed by atoms with van der Waals surface area (Å²) in [6, 6.07) is 0.203. The monoisotopic (exact) mass is 279 g/mol. The first-order valence-corrected chi connectivity index (χ1v) is 8.07. The Morgan fingerprint density at radius 1 is 1.42 bits per heavy atom. The van der Waals surface area contributed by atoms with Crippen LogP contribution in [0.3, 0.4) is 0 Å². The van der Waals surface area contributed by atoms with E-state index in [2.05, 4.69) is 26.1 Å². The van der Waals surface area contributed by atoms with Crippen LogP contribution in [0.25, 0.3) is 0 Å². The van der Waals surface area contributed by atoms with Crippen LogP contribution in [0.4, 0.5) is 0 Å². The number of rotatable bonds is 2. The lowest BCUT2D eigenvalue weighted by molar-refractivity contribution is 0.0942. The smallest absolute Gasteiger partial charge is 0.252 e. The molecule has 1 aliphatic carbocycles. The number of carbonyl (C=O) groups is 1. The summed E-state index contributed by atoms with van der Waals surface area (Å²) in [5.74, 6) is 0.835. The maximum absolute atomic E-state index is 12.2. The van der Waals surface area contributed by atoms with Gasteiger partial charge in [-0.15, -0.1) is 11.3 Å². The SMILES string of the molecule is CC(C)NC(=O)c1csc2c1CCC(C(C)(C)C)C2. The van der Waals surface area contributed by atoms with Crippen molar-refractivity contribution in [1.29, 1.82) is 0 Å². The van der Waals surface area contributed by atoms with Crippen LogP contribution < -0.4 is 5.32 Å². The maximum atomic E-state index is 12.2. The van der Waals surface area contributed by atoms with Crippen molar-refractivity contribution in [3.63, 3.8) is 0 Å². The van der Waals surface area contributed by atoms with E-state index in [1.807, 2.05) is 19.2 Å². The second-order valence-electron chi connectivity index (χ2n) is 6.99. The number of carbonyl (C=O) groups excluding carboxylic acids is 1. The second-order valence-corrected chi connectivity index (χ2v) is 7.95. The molecule has 1 heterocycles. The van der Waals surface area contributed by atoms with Crippen molar-refractivity contribution in [2.45, 2.75) is 59.9 Å². The van der Waals surface area contributed by atoms with Crippen molar-refractivity contribution in [3.8, 4) is 0 Å². The van der Waals surface area contributed by atoms with Gasteiger partial charge in [0.05, 0.1) is 5.56 Å². The summed E-state index contributed by atoms with van der Waals surface area (Å²) in [5.41, 5.74) is 2.59. The van der Waals surface area contributed by atoms with Gasteiger partial charge in [0, 0.05) is 16.3 Å². The molecule has 0 saturated heterocycles. The quantitative estimate of drug-likeness (QED) is 0.870. The maximum Gasteiger partial charge on any atom is 0.252 e. The molecule has 0 aromatic carbocycles. The molecule has 1 aromatic heterocycles. The predicted octanol–water partition coefficient (Wildman–Crippen LogP) is 4.04. The van der Waals surface area contributed by atoms with Crippen LogP contribution in [0.15, 0.2) is 5.38 Å². The lowest BCUT2D eigenvalue weighted by Gasteiger charge is -2.34. The summed E-state index contributed by atoms with van der Waals surface area (Å²) >= 11 is 1.77. The van der Waals surface area contributed by atoms with Gasteiger partial charge in [0.2, 0.25) is 0 Å². The van der Waals surface area contributed by atoms with Gasteiger partial charge in [-0.3, -0.25) is 4.79 Å². The third kappa shape index (κ3) is 3.19. The molecule has 1 aliphatic rings. The van der Waals surface area contributed by atoms with Crippen LogP contribution in [0, 0.1) is 11.3 Å². The molecular weight excluding hydrogens is 254 g/mol. The fraction of sp³-hybridized carbons (Fsp3) is 0.688. The van der Waals surface area contributed by atoms with Crippen LogP contribution in [0.2, 0.25) is 0 Å².